The normalized spacial score (nSPS) is 11.6. The average molecular weight is 475 g/mol. The second kappa shape index (κ2) is 9.49. The van der Waals surface area contributed by atoms with Crippen LogP contribution in [0, 0.1) is 30.3 Å². The fraction of sp³-hybridized carbons (Fsp3) is 0. The van der Waals surface area contributed by atoms with Crippen LogP contribution in [-0.2, 0) is 0 Å². The number of para-hydroxylation sites is 2. The first-order valence-corrected chi connectivity index (χ1v) is 9.70. The van der Waals surface area contributed by atoms with Gasteiger partial charge in [0.15, 0.2) is 0 Å². The zero-order valence-electron chi connectivity index (χ0n) is 17.4. The van der Waals surface area contributed by atoms with Crippen LogP contribution in [0.3, 0.4) is 0 Å². The number of H-pyrrole nitrogens is 1. The molecule has 0 unspecified atom stereocenters. The number of anilines is 1. The highest BCUT2D eigenvalue weighted by Crippen LogP contribution is 2.38. The van der Waals surface area contributed by atoms with E-state index < -0.39 is 37.5 Å². The van der Waals surface area contributed by atoms with Crippen molar-refractivity contribution >= 4 is 45.6 Å². The lowest BCUT2D eigenvalue weighted by Gasteiger charge is -2.05. The summed E-state index contributed by atoms with van der Waals surface area (Å²) in [5.74, 6) is 0.0649. The number of nitro benzene ring substituents is 3. The summed E-state index contributed by atoms with van der Waals surface area (Å²) >= 11 is 0. The number of azo groups is 1. The Labute approximate surface area is 194 Å². The van der Waals surface area contributed by atoms with E-state index in [0.717, 1.165) is 5.52 Å². The molecular formula is C20H13N9O6. The highest BCUT2D eigenvalue weighted by molar-refractivity contribution is 6.00. The van der Waals surface area contributed by atoms with Gasteiger partial charge in [-0.3, -0.25) is 35.8 Å². The molecule has 3 aromatic carbocycles. The monoisotopic (exact) mass is 475 g/mol. The van der Waals surface area contributed by atoms with Gasteiger partial charge in [0.2, 0.25) is 17.5 Å². The van der Waals surface area contributed by atoms with Crippen molar-refractivity contribution in [2.45, 2.75) is 0 Å². The molecule has 1 heterocycles. The standard InChI is InChI=1S/C20H13N9O6/c30-27(31)13-10-16(28(32)33)18(17(11-13)29(34)35)23-24-19(12-6-2-1-3-7-12)25-26-20-21-14-8-4-5-9-15(14)22-20/h1-11,23H,(H,21,22). The minimum Gasteiger partial charge on any atom is -0.321 e. The van der Waals surface area contributed by atoms with Crippen LogP contribution < -0.4 is 5.43 Å². The summed E-state index contributed by atoms with van der Waals surface area (Å²) in [6, 6.07) is 16.7. The SMILES string of the molecule is O=[N+]([O-])c1cc([N+](=O)[O-])c(NN=C(N=Nc2nc3ccccc3[nH]2)c2ccccc2)c([N+](=O)[O-])c1. The Morgan fingerprint density at radius 2 is 1.49 bits per heavy atom. The topological polar surface area (TPSA) is 207 Å². The van der Waals surface area contributed by atoms with Crippen molar-refractivity contribution in [3.05, 3.63) is 103 Å². The summed E-state index contributed by atoms with van der Waals surface area (Å²) in [5, 5.41) is 46.1. The van der Waals surface area contributed by atoms with Crippen molar-refractivity contribution in [2.24, 2.45) is 15.3 Å². The third-order valence-electron chi connectivity index (χ3n) is 4.61. The zero-order valence-corrected chi connectivity index (χ0v) is 17.4. The molecule has 0 bridgehead atoms. The van der Waals surface area contributed by atoms with E-state index in [0.29, 0.717) is 23.2 Å². The Hall–Kier alpha value is -5.60. The smallest absolute Gasteiger partial charge is 0.308 e. The van der Waals surface area contributed by atoms with E-state index in [1.807, 2.05) is 6.07 Å². The number of nitro groups is 3. The Kier molecular flexibility index (Phi) is 6.12. The lowest BCUT2D eigenvalue weighted by Crippen LogP contribution is -2.06. The van der Waals surface area contributed by atoms with Crippen LogP contribution in [-0.4, -0.2) is 30.6 Å². The first-order chi connectivity index (χ1) is 16.8. The summed E-state index contributed by atoms with van der Waals surface area (Å²) in [4.78, 5) is 38.3. The number of hydrazone groups is 1. The van der Waals surface area contributed by atoms with Crippen molar-refractivity contribution in [3.8, 4) is 0 Å². The number of nitrogens with one attached hydrogen (secondary N) is 2. The number of aromatic nitrogens is 2. The molecule has 0 atom stereocenters. The number of rotatable bonds is 7. The maximum atomic E-state index is 11.5. The van der Waals surface area contributed by atoms with Crippen LogP contribution >= 0.6 is 0 Å². The third-order valence-corrected chi connectivity index (χ3v) is 4.61. The van der Waals surface area contributed by atoms with E-state index in [1.54, 1.807) is 48.5 Å². The zero-order chi connectivity index (χ0) is 24.9. The lowest BCUT2D eigenvalue weighted by atomic mass is 10.2. The molecule has 4 rings (SSSR count). The summed E-state index contributed by atoms with van der Waals surface area (Å²) < 4.78 is 0. The summed E-state index contributed by atoms with van der Waals surface area (Å²) in [6.07, 6.45) is 0. The van der Waals surface area contributed by atoms with Crippen molar-refractivity contribution < 1.29 is 14.8 Å². The van der Waals surface area contributed by atoms with Gasteiger partial charge < -0.3 is 4.98 Å². The maximum Gasteiger partial charge on any atom is 0.308 e. The van der Waals surface area contributed by atoms with Gasteiger partial charge in [-0.25, -0.2) is 4.98 Å². The van der Waals surface area contributed by atoms with E-state index in [1.165, 1.54) is 0 Å². The van der Waals surface area contributed by atoms with E-state index >= 15 is 0 Å². The second-order valence-electron chi connectivity index (χ2n) is 6.82. The van der Waals surface area contributed by atoms with Gasteiger partial charge in [0, 0.05) is 5.56 Å². The van der Waals surface area contributed by atoms with Gasteiger partial charge in [-0.2, -0.15) is 5.10 Å². The van der Waals surface area contributed by atoms with Crippen LogP contribution in [0.4, 0.5) is 28.7 Å². The van der Waals surface area contributed by atoms with Crippen LogP contribution in [0.1, 0.15) is 5.56 Å². The van der Waals surface area contributed by atoms with Gasteiger partial charge in [0.1, 0.15) is 0 Å². The van der Waals surface area contributed by atoms with E-state index in [9.17, 15) is 30.3 Å². The average Bonchev–Trinajstić information content (AvgIpc) is 3.27. The quantitative estimate of drug-likeness (QED) is 0.124. The number of imidazole rings is 1. The second-order valence-corrected chi connectivity index (χ2v) is 6.82. The van der Waals surface area contributed by atoms with Crippen LogP contribution in [0.15, 0.2) is 82.1 Å². The first-order valence-electron chi connectivity index (χ1n) is 9.70. The molecule has 0 aliphatic heterocycles. The van der Waals surface area contributed by atoms with Gasteiger partial charge >= 0.3 is 11.4 Å². The molecule has 0 saturated carbocycles. The fourth-order valence-electron chi connectivity index (χ4n) is 3.03. The van der Waals surface area contributed by atoms with Gasteiger partial charge in [0.25, 0.3) is 5.69 Å². The Morgan fingerprint density at radius 3 is 2.09 bits per heavy atom. The molecule has 35 heavy (non-hydrogen) atoms. The van der Waals surface area contributed by atoms with Crippen molar-refractivity contribution in [2.75, 3.05) is 5.43 Å². The van der Waals surface area contributed by atoms with Gasteiger partial charge in [-0.1, -0.05) is 42.5 Å². The van der Waals surface area contributed by atoms with Crippen LogP contribution in [0.25, 0.3) is 11.0 Å². The molecule has 0 aliphatic carbocycles. The Bertz CT molecular complexity index is 1450. The summed E-state index contributed by atoms with van der Waals surface area (Å²) in [5.41, 5.74) is 0.777. The van der Waals surface area contributed by atoms with Gasteiger partial charge in [-0.15, -0.1) is 10.2 Å². The number of nitrogens with zero attached hydrogens (tertiary/aromatic N) is 7. The minimum atomic E-state index is -0.990. The molecule has 2 N–H and O–H groups in total. The molecule has 0 fully saturated rings. The number of amidine groups is 1. The highest BCUT2D eigenvalue weighted by Gasteiger charge is 2.30. The number of hydrogen-bond acceptors (Lipinski definition) is 10. The number of hydrogen-bond donors (Lipinski definition) is 2. The molecule has 0 saturated heterocycles. The molecule has 0 radical (unpaired) electrons. The summed E-state index contributed by atoms with van der Waals surface area (Å²) in [6.45, 7) is 0. The van der Waals surface area contributed by atoms with Gasteiger partial charge in [-0.05, 0) is 12.1 Å². The van der Waals surface area contributed by atoms with Crippen LogP contribution in [0.2, 0.25) is 0 Å². The number of benzene rings is 3. The number of aromatic amines is 1. The Morgan fingerprint density at radius 1 is 0.857 bits per heavy atom. The molecule has 15 heteroatoms. The number of non-ortho nitro benzene ring substituents is 1. The molecule has 1 aromatic heterocycles. The molecule has 0 aliphatic rings. The molecule has 0 spiro atoms. The van der Waals surface area contributed by atoms with Crippen molar-refractivity contribution in [1.82, 2.24) is 9.97 Å². The lowest BCUT2D eigenvalue weighted by molar-refractivity contribution is -0.401. The maximum absolute atomic E-state index is 11.5. The third kappa shape index (κ3) is 4.92. The van der Waals surface area contributed by atoms with Gasteiger partial charge in [0.05, 0.1) is 37.9 Å². The molecule has 15 nitrogen and oxygen atoms in total. The first kappa shape index (κ1) is 22.6. The van der Waals surface area contributed by atoms with E-state index in [4.69, 9.17) is 0 Å². The minimum absolute atomic E-state index is 0.0898. The highest BCUT2D eigenvalue weighted by atomic mass is 16.6. The van der Waals surface area contributed by atoms with Crippen molar-refractivity contribution in [1.29, 1.82) is 0 Å². The predicted molar refractivity (Wildman–Crippen MR) is 124 cm³/mol. The fourth-order valence-corrected chi connectivity index (χ4v) is 3.03. The number of fused-ring (bicyclic) bond motifs is 1. The Balaban J connectivity index is 1.78. The van der Waals surface area contributed by atoms with E-state index in [2.05, 4.69) is 30.7 Å². The van der Waals surface area contributed by atoms with Crippen molar-refractivity contribution in [3.63, 3.8) is 0 Å². The van der Waals surface area contributed by atoms with Crippen LogP contribution in [0.5, 0.6) is 0 Å². The predicted octanol–water partition coefficient (Wildman–Crippen LogP) is 4.85. The van der Waals surface area contributed by atoms with E-state index in [-0.39, 0.29) is 11.8 Å². The molecule has 4 aromatic rings. The molecule has 174 valence electrons. The molecular weight excluding hydrogens is 462 g/mol. The summed E-state index contributed by atoms with van der Waals surface area (Å²) in [7, 11) is 0. The largest absolute Gasteiger partial charge is 0.321 e. The molecule has 0 amide bonds.